The summed E-state index contributed by atoms with van der Waals surface area (Å²) in [5, 5.41) is 0. The van der Waals surface area contributed by atoms with Crippen molar-refractivity contribution in [3.63, 3.8) is 0 Å². The van der Waals surface area contributed by atoms with Crippen molar-refractivity contribution in [1.82, 2.24) is 14.5 Å². The summed E-state index contributed by atoms with van der Waals surface area (Å²) in [4.78, 5) is 17.5. The van der Waals surface area contributed by atoms with Gasteiger partial charge in [-0.25, -0.2) is 9.18 Å². The van der Waals surface area contributed by atoms with E-state index in [4.69, 9.17) is 0 Å². The third kappa shape index (κ3) is 2.28. The molecule has 1 saturated heterocycles. The molecular weight excluding hydrogens is 281 g/mol. The predicted octanol–water partition coefficient (Wildman–Crippen LogP) is 3.05. The molecule has 0 bridgehead atoms. The van der Waals surface area contributed by atoms with Crippen molar-refractivity contribution in [1.29, 1.82) is 0 Å². The molecule has 2 fully saturated rings. The number of halogens is 1. The number of hydrogen-bond acceptors (Lipinski definition) is 2. The largest absolute Gasteiger partial charge is 0.326 e. The smallest absolute Gasteiger partial charge is 0.303 e. The highest BCUT2D eigenvalue weighted by molar-refractivity contribution is 5.75. The molecule has 22 heavy (non-hydrogen) atoms. The average molecular weight is 303 g/mol. The van der Waals surface area contributed by atoms with Crippen LogP contribution >= 0.6 is 0 Å². The highest BCUT2D eigenvalue weighted by Gasteiger charge is 2.29. The molecule has 2 aliphatic rings. The minimum atomic E-state index is -0.350. The summed E-state index contributed by atoms with van der Waals surface area (Å²) in [5.74, 6) is -0.350. The second-order valence-electron chi connectivity index (χ2n) is 6.64. The van der Waals surface area contributed by atoms with E-state index in [-0.39, 0.29) is 17.5 Å². The van der Waals surface area contributed by atoms with E-state index in [0.717, 1.165) is 32.0 Å². The summed E-state index contributed by atoms with van der Waals surface area (Å²) in [6.45, 7) is 2.09. The minimum Gasteiger partial charge on any atom is -0.303 e. The number of aromatic amines is 1. The molecule has 2 aromatic rings. The Kier molecular flexibility index (Phi) is 3.53. The molecule has 1 N–H and O–H groups in total. The number of aromatic nitrogens is 2. The summed E-state index contributed by atoms with van der Waals surface area (Å²) in [5.41, 5.74) is 0.856. The van der Waals surface area contributed by atoms with Gasteiger partial charge in [-0.3, -0.25) is 4.57 Å². The van der Waals surface area contributed by atoms with E-state index < -0.39 is 0 Å². The van der Waals surface area contributed by atoms with Crippen LogP contribution in [0.15, 0.2) is 23.0 Å². The van der Waals surface area contributed by atoms with E-state index in [1.165, 1.54) is 31.7 Å². The van der Waals surface area contributed by atoms with Gasteiger partial charge in [0.05, 0.1) is 5.52 Å². The number of hydrogen-bond donors (Lipinski definition) is 1. The first kappa shape index (κ1) is 14.0. The second kappa shape index (κ2) is 5.54. The van der Waals surface area contributed by atoms with Crippen molar-refractivity contribution in [2.24, 2.45) is 0 Å². The molecule has 0 atom stereocenters. The summed E-state index contributed by atoms with van der Waals surface area (Å²) in [7, 11) is 0. The number of nitrogens with zero attached hydrogens (tertiary/aromatic N) is 2. The van der Waals surface area contributed by atoms with Gasteiger partial charge < -0.3 is 9.88 Å². The monoisotopic (exact) mass is 303 g/mol. The van der Waals surface area contributed by atoms with E-state index in [9.17, 15) is 9.18 Å². The van der Waals surface area contributed by atoms with Crippen LogP contribution in [0, 0.1) is 5.82 Å². The lowest BCUT2D eigenvalue weighted by atomic mass is 10.0. The van der Waals surface area contributed by atoms with Crippen LogP contribution in [0.25, 0.3) is 11.0 Å². The lowest BCUT2D eigenvalue weighted by Crippen LogP contribution is -2.41. The predicted molar refractivity (Wildman–Crippen MR) is 84.6 cm³/mol. The van der Waals surface area contributed by atoms with Crippen molar-refractivity contribution in [2.45, 2.75) is 50.6 Å². The number of H-pyrrole nitrogens is 1. The third-order valence-electron chi connectivity index (χ3n) is 5.41. The van der Waals surface area contributed by atoms with E-state index in [1.807, 2.05) is 6.07 Å². The fourth-order valence-electron chi connectivity index (χ4n) is 4.25. The molecule has 1 saturated carbocycles. The average Bonchev–Trinajstić information content (AvgIpc) is 3.16. The van der Waals surface area contributed by atoms with Crippen LogP contribution in [0.2, 0.25) is 0 Å². The van der Waals surface area contributed by atoms with Crippen LogP contribution in [-0.2, 0) is 0 Å². The van der Waals surface area contributed by atoms with Crippen LogP contribution in [-0.4, -0.2) is 33.6 Å². The lowest BCUT2D eigenvalue weighted by molar-refractivity contribution is 0.137. The van der Waals surface area contributed by atoms with Crippen LogP contribution in [0.4, 0.5) is 4.39 Å². The summed E-state index contributed by atoms with van der Waals surface area (Å²) < 4.78 is 15.6. The molecule has 5 heteroatoms. The van der Waals surface area contributed by atoms with E-state index in [0.29, 0.717) is 11.0 Å². The number of nitrogens with one attached hydrogen (secondary N) is 1. The topological polar surface area (TPSA) is 41.0 Å². The fourth-order valence-corrected chi connectivity index (χ4v) is 4.25. The van der Waals surface area contributed by atoms with Gasteiger partial charge in [-0.15, -0.1) is 0 Å². The van der Waals surface area contributed by atoms with Gasteiger partial charge in [-0.05, 0) is 37.8 Å². The zero-order valence-electron chi connectivity index (χ0n) is 12.7. The van der Waals surface area contributed by atoms with E-state index in [2.05, 4.69) is 9.88 Å². The van der Waals surface area contributed by atoms with Gasteiger partial charge in [0.15, 0.2) is 0 Å². The van der Waals surface area contributed by atoms with Crippen LogP contribution in [0.1, 0.15) is 44.6 Å². The highest BCUT2D eigenvalue weighted by Crippen LogP contribution is 2.30. The molecule has 1 aliphatic carbocycles. The quantitative estimate of drug-likeness (QED) is 0.926. The normalized spacial score (nSPS) is 21.9. The standard InChI is InChI=1S/C17H22FN3O/c18-14-6-3-7-15-16(14)19-17(22)21(15)13-8-10-20(11-9-13)12-4-1-2-5-12/h3,6-7,12-13H,1-2,4-5,8-11H2,(H,19,22). The highest BCUT2D eigenvalue weighted by atomic mass is 19.1. The first-order valence-electron chi connectivity index (χ1n) is 8.37. The Morgan fingerprint density at radius 1 is 1.05 bits per heavy atom. The molecule has 0 spiro atoms. The van der Waals surface area contributed by atoms with Gasteiger partial charge >= 0.3 is 5.69 Å². The Labute approximate surface area is 128 Å². The second-order valence-corrected chi connectivity index (χ2v) is 6.64. The Bertz CT molecular complexity index is 721. The summed E-state index contributed by atoms with van der Waals surface area (Å²) in [6.07, 6.45) is 7.29. The van der Waals surface area contributed by atoms with Crippen molar-refractivity contribution >= 4 is 11.0 Å². The summed E-state index contributed by atoms with van der Waals surface area (Å²) in [6, 6.07) is 5.83. The number of fused-ring (bicyclic) bond motifs is 1. The van der Waals surface area contributed by atoms with Crippen molar-refractivity contribution < 1.29 is 4.39 Å². The van der Waals surface area contributed by atoms with Crippen LogP contribution in [0.5, 0.6) is 0 Å². The first-order chi connectivity index (χ1) is 10.7. The molecular formula is C17H22FN3O. The van der Waals surface area contributed by atoms with Crippen molar-refractivity contribution in [3.05, 3.63) is 34.5 Å². The number of likely N-dealkylation sites (tertiary alicyclic amines) is 1. The Hall–Kier alpha value is -1.62. The Morgan fingerprint density at radius 2 is 1.77 bits per heavy atom. The maximum atomic E-state index is 13.8. The van der Waals surface area contributed by atoms with Crippen molar-refractivity contribution in [3.8, 4) is 0 Å². The number of piperidine rings is 1. The van der Waals surface area contributed by atoms with Gasteiger partial charge in [-0.2, -0.15) is 0 Å². The zero-order valence-corrected chi connectivity index (χ0v) is 12.7. The number of rotatable bonds is 2. The summed E-state index contributed by atoms with van der Waals surface area (Å²) >= 11 is 0. The molecule has 118 valence electrons. The number of benzene rings is 1. The maximum Gasteiger partial charge on any atom is 0.326 e. The van der Waals surface area contributed by atoms with Gasteiger partial charge in [-0.1, -0.05) is 18.9 Å². The van der Waals surface area contributed by atoms with Crippen LogP contribution in [0.3, 0.4) is 0 Å². The molecule has 1 aliphatic heterocycles. The van der Waals surface area contributed by atoms with Gasteiger partial charge in [0.2, 0.25) is 0 Å². The van der Waals surface area contributed by atoms with Gasteiger partial charge in [0.1, 0.15) is 11.3 Å². The third-order valence-corrected chi connectivity index (χ3v) is 5.41. The first-order valence-corrected chi connectivity index (χ1v) is 8.37. The molecule has 1 aromatic carbocycles. The molecule has 2 heterocycles. The molecule has 4 nitrogen and oxygen atoms in total. The number of para-hydroxylation sites is 1. The fraction of sp³-hybridized carbons (Fsp3) is 0.588. The van der Waals surface area contributed by atoms with Crippen LogP contribution < -0.4 is 5.69 Å². The van der Waals surface area contributed by atoms with Gasteiger partial charge in [0, 0.05) is 25.2 Å². The van der Waals surface area contributed by atoms with E-state index in [1.54, 1.807) is 10.6 Å². The molecule has 0 radical (unpaired) electrons. The SMILES string of the molecule is O=c1[nH]c2c(F)cccc2n1C1CCN(C2CCCC2)CC1. The van der Waals surface area contributed by atoms with Gasteiger partial charge in [0.25, 0.3) is 0 Å². The molecule has 4 rings (SSSR count). The molecule has 0 amide bonds. The Morgan fingerprint density at radius 3 is 2.50 bits per heavy atom. The molecule has 0 unspecified atom stereocenters. The number of imidazole rings is 1. The zero-order chi connectivity index (χ0) is 15.1. The Balaban J connectivity index is 1.57. The van der Waals surface area contributed by atoms with E-state index >= 15 is 0 Å². The maximum absolute atomic E-state index is 13.8. The molecule has 1 aromatic heterocycles. The van der Waals surface area contributed by atoms with Crippen molar-refractivity contribution in [2.75, 3.05) is 13.1 Å². The lowest BCUT2D eigenvalue weighted by Gasteiger charge is -2.36. The minimum absolute atomic E-state index is 0.181.